The third-order valence-corrected chi connectivity index (χ3v) is 7.61. The van der Waals surface area contributed by atoms with Gasteiger partial charge in [-0.25, -0.2) is 0 Å². The zero-order chi connectivity index (χ0) is 19.7. The number of hydrogen-bond acceptors (Lipinski definition) is 3. The van der Waals surface area contributed by atoms with Crippen LogP contribution >= 0.6 is 11.6 Å². The van der Waals surface area contributed by atoms with Crippen LogP contribution in [0.2, 0.25) is 5.02 Å². The lowest BCUT2D eigenvalue weighted by molar-refractivity contribution is -0.117. The Hall–Kier alpha value is -1.99. The fourth-order valence-corrected chi connectivity index (χ4v) is 6.36. The summed E-state index contributed by atoms with van der Waals surface area (Å²) in [6.07, 6.45) is 9.73. The maximum atomic E-state index is 12.4. The Morgan fingerprint density at radius 2 is 1.86 bits per heavy atom. The number of nitriles is 1. The average Bonchev–Trinajstić information content (AvgIpc) is 2.66. The number of benzene rings is 1. The van der Waals surface area contributed by atoms with E-state index >= 15 is 0 Å². The summed E-state index contributed by atoms with van der Waals surface area (Å²) >= 11 is 6.13. The minimum absolute atomic E-state index is 0.114. The van der Waals surface area contributed by atoms with Crippen LogP contribution in [-0.2, 0) is 11.3 Å². The number of nitrogens with zero attached hydrogens (tertiary/aromatic N) is 1. The van der Waals surface area contributed by atoms with Crippen molar-refractivity contribution < 1.29 is 4.79 Å². The first kappa shape index (κ1) is 19.3. The Morgan fingerprint density at radius 3 is 2.43 bits per heavy atom. The summed E-state index contributed by atoms with van der Waals surface area (Å²) in [5.41, 5.74) is 1.29. The van der Waals surface area contributed by atoms with E-state index in [9.17, 15) is 10.1 Å². The van der Waals surface area contributed by atoms with Crippen molar-refractivity contribution in [3.63, 3.8) is 0 Å². The second-order valence-electron chi connectivity index (χ2n) is 9.11. The van der Waals surface area contributed by atoms with E-state index in [1.807, 2.05) is 24.3 Å². The first-order valence-corrected chi connectivity index (χ1v) is 10.7. The highest BCUT2D eigenvalue weighted by molar-refractivity contribution is 6.31. The van der Waals surface area contributed by atoms with Crippen LogP contribution in [-0.4, -0.2) is 11.9 Å². The van der Waals surface area contributed by atoms with Gasteiger partial charge in [-0.1, -0.05) is 29.8 Å². The third kappa shape index (κ3) is 3.78. The Kier molecular flexibility index (Phi) is 5.38. The standard InChI is InChI=1S/C23H28ClN3O/c1-15(23-9-16-6-17(10-23)8-18(7-16)11-23)26-14-20(12-25)22(28)27-13-19-4-2-3-5-21(19)24/h2-5,14-18,26H,6-11,13H2,1H3,(H,27,28)/b20-14-. The number of halogens is 1. The first-order chi connectivity index (χ1) is 13.5. The largest absolute Gasteiger partial charge is 0.387 e. The zero-order valence-corrected chi connectivity index (χ0v) is 17.1. The molecule has 0 heterocycles. The topological polar surface area (TPSA) is 64.9 Å². The molecule has 1 atom stereocenters. The molecule has 4 fully saturated rings. The molecule has 1 aromatic carbocycles. The quantitative estimate of drug-likeness (QED) is 0.546. The second kappa shape index (κ2) is 7.79. The predicted octanol–water partition coefficient (Wildman–Crippen LogP) is 4.56. The molecule has 1 unspecified atom stereocenters. The summed E-state index contributed by atoms with van der Waals surface area (Å²) in [4.78, 5) is 12.4. The van der Waals surface area contributed by atoms with E-state index in [1.165, 1.54) is 38.5 Å². The molecule has 28 heavy (non-hydrogen) atoms. The van der Waals surface area contributed by atoms with Gasteiger partial charge in [0.1, 0.15) is 11.6 Å². The summed E-state index contributed by atoms with van der Waals surface area (Å²) < 4.78 is 0. The molecular formula is C23H28ClN3O. The molecule has 5 heteroatoms. The van der Waals surface area contributed by atoms with E-state index in [-0.39, 0.29) is 17.5 Å². The smallest absolute Gasteiger partial charge is 0.263 e. The van der Waals surface area contributed by atoms with Gasteiger partial charge in [0.25, 0.3) is 5.91 Å². The molecule has 0 aromatic heterocycles. The molecule has 4 nitrogen and oxygen atoms in total. The highest BCUT2D eigenvalue weighted by atomic mass is 35.5. The van der Waals surface area contributed by atoms with Crippen molar-refractivity contribution in [2.45, 2.75) is 58.0 Å². The van der Waals surface area contributed by atoms with Crippen LogP contribution in [0.5, 0.6) is 0 Å². The molecule has 4 aliphatic rings. The minimum atomic E-state index is -0.368. The van der Waals surface area contributed by atoms with Gasteiger partial charge in [0.05, 0.1) is 0 Å². The second-order valence-corrected chi connectivity index (χ2v) is 9.52. The van der Waals surface area contributed by atoms with Crippen LogP contribution in [0.1, 0.15) is 51.0 Å². The zero-order valence-electron chi connectivity index (χ0n) is 16.4. The summed E-state index contributed by atoms with van der Waals surface area (Å²) in [7, 11) is 0. The van der Waals surface area contributed by atoms with Gasteiger partial charge in [-0.2, -0.15) is 5.26 Å². The lowest BCUT2D eigenvalue weighted by Gasteiger charge is -2.59. The van der Waals surface area contributed by atoms with Gasteiger partial charge in [-0.3, -0.25) is 4.79 Å². The Balaban J connectivity index is 1.38. The van der Waals surface area contributed by atoms with Gasteiger partial charge in [-0.05, 0) is 80.2 Å². The first-order valence-electron chi connectivity index (χ1n) is 10.4. The summed E-state index contributed by atoms with van der Waals surface area (Å²) in [6, 6.07) is 9.70. The number of rotatable bonds is 6. The number of nitrogens with one attached hydrogen (secondary N) is 2. The Bertz CT molecular complexity index is 790. The van der Waals surface area contributed by atoms with Gasteiger partial charge in [0.15, 0.2) is 0 Å². The molecule has 4 saturated carbocycles. The number of amides is 1. The highest BCUT2D eigenvalue weighted by Crippen LogP contribution is 2.61. The van der Waals surface area contributed by atoms with E-state index < -0.39 is 0 Å². The van der Waals surface area contributed by atoms with E-state index in [4.69, 9.17) is 11.6 Å². The van der Waals surface area contributed by atoms with Crippen molar-refractivity contribution in [3.05, 3.63) is 46.6 Å². The van der Waals surface area contributed by atoms with E-state index in [0.29, 0.717) is 17.0 Å². The summed E-state index contributed by atoms with van der Waals surface area (Å²) in [5.74, 6) is 2.28. The fraction of sp³-hybridized carbons (Fsp3) is 0.565. The maximum Gasteiger partial charge on any atom is 0.263 e. The van der Waals surface area contributed by atoms with Crippen LogP contribution in [0.25, 0.3) is 0 Å². The molecule has 0 spiro atoms. The normalized spacial score (nSPS) is 31.9. The number of carbonyl (C=O) groups is 1. The van der Waals surface area contributed by atoms with Crippen LogP contribution in [0, 0.1) is 34.5 Å². The van der Waals surface area contributed by atoms with Gasteiger partial charge >= 0.3 is 0 Å². The van der Waals surface area contributed by atoms with Gasteiger partial charge in [0.2, 0.25) is 0 Å². The van der Waals surface area contributed by atoms with Crippen molar-refractivity contribution >= 4 is 17.5 Å². The molecule has 5 rings (SSSR count). The molecule has 2 N–H and O–H groups in total. The molecule has 1 aromatic rings. The molecule has 1 amide bonds. The van der Waals surface area contributed by atoms with Crippen LogP contribution in [0.4, 0.5) is 0 Å². The Morgan fingerprint density at radius 1 is 1.25 bits per heavy atom. The van der Waals surface area contributed by atoms with Gasteiger partial charge in [-0.15, -0.1) is 0 Å². The molecule has 148 valence electrons. The fourth-order valence-electron chi connectivity index (χ4n) is 6.15. The molecule has 0 radical (unpaired) electrons. The lowest BCUT2D eigenvalue weighted by Crippen LogP contribution is -2.54. The minimum Gasteiger partial charge on any atom is -0.387 e. The van der Waals surface area contributed by atoms with Gasteiger partial charge < -0.3 is 10.6 Å². The Labute approximate surface area is 172 Å². The lowest BCUT2D eigenvalue weighted by atomic mass is 9.48. The molecule has 4 aliphatic carbocycles. The number of hydrogen-bond donors (Lipinski definition) is 2. The van der Waals surface area contributed by atoms with Crippen molar-refractivity contribution in [1.29, 1.82) is 5.26 Å². The number of carbonyl (C=O) groups excluding carboxylic acids is 1. The third-order valence-electron chi connectivity index (χ3n) is 7.24. The highest BCUT2D eigenvalue weighted by Gasteiger charge is 2.52. The monoisotopic (exact) mass is 397 g/mol. The molecule has 0 saturated heterocycles. The van der Waals surface area contributed by atoms with E-state index in [0.717, 1.165) is 23.3 Å². The van der Waals surface area contributed by atoms with Gasteiger partial charge in [0, 0.05) is 23.8 Å². The summed E-state index contributed by atoms with van der Waals surface area (Å²) in [5, 5.41) is 16.3. The summed E-state index contributed by atoms with van der Waals surface area (Å²) in [6.45, 7) is 2.53. The maximum absolute atomic E-state index is 12.4. The molecular weight excluding hydrogens is 370 g/mol. The van der Waals surface area contributed by atoms with Crippen LogP contribution in [0.15, 0.2) is 36.0 Å². The van der Waals surface area contributed by atoms with Crippen molar-refractivity contribution in [2.24, 2.45) is 23.2 Å². The van der Waals surface area contributed by atoms with Crippen molar-refractivity contribution in [2.75, 3.05) is 0 Å². The molecule has 0 aliphatic heterocycles. The predicted molar refractivity (Wildman–Crippen MR) is 110 cm³/mol. The van der Waals surface area contributed by atoms with Crippen molar-refractivity contribution in [3.8, 4) is 6.07 Å². The SMILES string of the molecule is CC(N/C=C(/C#N)C(=O)NCc1ccccc1Cl)C12CC3CC(CC(C3)C1)C2. The van der Waals surface area contributed by atoms with Crippen LogP contribution < -0.4 is 10.6 Å². The van der Waals surface area contributed by atoms with E-state index in [1.54, 1.807) is 12.3 Å². The molecule has 4 bridgehead atoms. The van der Waals surface area contributed by atoms with Crippen LogP contribution in [0.3, 0.4) is 0 Å². The average molecular weight is 398 g/mol. The van der Waals surface area contributed by atoms with Crippen molar-refractivity contribution in [1.82, 2.24) is 10.6 Å². The van der Waals surface area contributed by atoms with E-state index in [2.05, 4.69) is 17.6 Å².